The first kappa shape index (κ1) is 22.1. The molecule has 6 nitrogen and oxygen atoms in total. The minimum absolute atomic E-state index is 0.0186. The number of hydrogen-bond acceptors (Lipinski definition) is 5. The number of Topliss-reactive ketones (excluding diaryl/α,β-unsaturated/α-hetero) is 2. The molecule has 0 spiro atoms. The van der Waals surface area contributed by atoms with Crippen LogP contribution in [0.3, 0.4) is 0 Å². The van der Waals surface area contributed by atoms with Gasteiger partial charge in [0.25, 0.3) is 6.47 Å². The normalized spacial score (nSPS) is 21.5. The minimum atomic E-state index is -1.04. The third kappa shape index (κ3) is 4.20. The topological polar surface area (TPSA) is 97.7 Å². The zero-order chi connectivity index (χ0) is 23.5. The van der Waals surface area contributed by atoms with Crippen molar-refractivity contribution < 1.29 is 29.0 Å². The standard InChI is InChI=1S/C27H22O6/c1-16(29)22-23(17-5-3-2-4-6-17)25(24(22)18-7-9-20(10-8-18)27(31)32)26(30)19-11-13-21(14-12-19)33-15-28/h2-15,22-25H,1H3,(H,31,32)/t22-,23-,24+,25+/m0/s1. The fourth-order valence-electron chi connectivity index (χ4n) is 4.88. The van der Waals surface area contributed by atoms with E-state index in [2.05, 4.69) is 0 Å². The Labute approximate surface area is 190 Å². The third-order valence-corrected chi connectivity index (χ3v) is 6.37. The van der Waals surface area contributed by atoms with Crippen molar-refractivity contribution in [2.75, 3.05) is 0 Å². The maximum atomic E-state index is 13.7. The third-order valence-electron chi connectivity index (χ3n) is 6.37. The summed E-state index contributed by atoms with van der Waals surface area (Å²) in [5.74, 6) is -2.44. The molecule has 0 bridgehead atoms. The van der Waals surface area contributed by atoms with E-state index in [1.807, 2.05) is 30.3 Å². The van der Waals surface area contributed by atoms with E-state index in [1.165, 1.54) is 19.1 Å². The van der Waals surface area contributed by atoms with Gasteiger partial charge in [-0.25, -0.2) is 4.79 Å². The van der Waals surface area contributed by atoms with E-state index in [0.29, 0.717) is 17.8 Å². The summed E-state index contributed by atoms with van der Waals surface area (Å²) in [6.07, 6.45) is 0. The molecule has 3 aromatic rings. The number of rotatable bonds is 8. The van der Waals surface area contributed by atoms with Gasteiger partial charge >= 0.3 is 5.97 Å². The van der Waals surface area contributed by atoms with Gasteiger partial charge in [-0.1, -0.05) is 42.5 Å². The highest BCUT2D eigenvalue weighted by molar-refractivity contribution is 6.02. The SMILES string of the molecule is CC(=O)[C@@H]1[C@@H](c2ccc(C(=O)O)cc2)[C@H](C(=O)c2ccc(OC=O)cc2)[C@H]1c1ccccc1. The number of carboxylic acids is 1. The minimum Gasteiger partial charge on any atom is -0.478 e. The Morgan fingerprint density at radius 3 is 1.82 bits per heavy atom. The monoisotopic (exact) mass is 442 g/mol. The van der Waals surface area contributed by atoms with Crippen molar-refractivity contribution in [3.8, 4) is 5.75 Å². The van der Waals surface area contributed by atoms with Crippen molar-refractivity contribution in [3.63, 3.8) is 0 Å². The van der Waals surface area contributed by atoms with Crippen LogP contribution in [-0.2, 0) is 9.59 Å². The lowest BCUT2D eigenvalue weighted by atomic mass is 9.50. The first-order chi connectivity index (χ1) is 15.9. The van der Waals surface area contributed by atoms with Crippen LogP contribution in [0.4, 0.5) is 0 Å². The van der Waals surface area contributed by atoms with Gasteiger partial charge in [0.2, 0.25) is 0 Å². The molecule has 0 aromatic heterocycles. The van der Waals surface area contributed by atoms with Crippen molar-refractivity contribution in [3.05, 3.63) is 101 Å². The Hall–Kier alpha value is -4.06. The molecule has 0 aliphatic heterocycles. The molecular formula is C27H22O6. The highest BCUT2D eigenvalue weighted by Crippen LogP contribution is 2.58. The van der Waals surface area contributed by atoms with E-state index >= 15 is 0 Å². The highest BCUT2D eigenvalue weighted by Gasteiger charge is 2.56. The number of carbonyl (C=O) groups is 4. The van der Waals surface area contributed by atoms with Gasteiger partial charge in [-0.15, -0.1) is 0 Å². The van der Waals surface area contributed by atoms with E-state index < -0.39 is 17.8 Å². The van der Waals surface area contributed by atoms with Crippen LogP contribution in [0.15, 0.2) is 78.9 Å². The molecule has 0 radical (unpaired) electrons. The number of aromatic carboxylic acids is 1. The Kier molecular flexibility index (Phi) is 6.18. The number of ether oxygens (including phenoxy) is 1. The molecule has 0 unspecified atom stereocenters. The zero-order valence-electron chi connectivity index (χ0n) is 17.9. The lowest BCUT2D eigenvalue weighted by molar-refractivity contribution is -0.126. The first-order valence-electron chi connectivity index (χ1n) is 10.6. The van der Waals surface area contributed by atoms with E-state index in [0.717, 1.165) is 11.1 Å². The molecule has 0 heterocycles. The van der Waals surface area contributed by atoms with Crippen molar-refractivity contribution in [1.82, 2.24) is 0 Å². The van der Waals surface area contributed by atoms with Crippen LogP contribution in [0.1, 0.15) is 50.6 Å². The molecule has 4 rings (SSSR count). The van der Waals surface area contributed by atoms with Gasteiger partial charge in [0.15, 0.2) is 5.78 Å². The summed E-state index contributed by atoms with van der Waals surface area (Å²) in [7, 11) is 0. The average molecular weight is 442 g/mol. The molecular weight excluding hydrogens is 420 g/mol. The molecule has 0 saturated heterocycles. The summed E-state index contributed by atoms with van der Waals surface area (Å²) in [6, 6.07) is 22.2. The molecule has 6 heteroatoms. The molecule has 33 heavy (non-hydrogen) atoms. The molecule has 166 valence electrons. The Balaban J connectivity index is 1.76. The predicted octanol–water partition coefficient (Wildman–Crippen LogP) is 4.51. The molecule has 1 fully saturated rings. The van der Waals surface area contributed by atoms with E-state index in [9.17, 15) is 24.3 Å². The quantitative estimate of drug-likeness (QED) is 0.407. The first-order valence-corrected chi connectivity index (χ1v) is 10.6. The van der Waals surface area contributed by atoms with Crippen LogP contribution < -0.4 is 4.74 Å². The summed E-state index contributed by atoms with van der Waals surface area (Å²) >= 11 is 0. The van der Waals surface area contributed by atoms with Crippen LogP contribution in [0, 0.1) is 11.8 Å². The van der Waals surface area contributed by atoms with Crippen LogP contribution >= 0.6 is 0 Å². The summed E-state index contributed by atoms with van der Waals surface area (Å²) in [4.78, 5) is 48.3. The molecule has 4 atom stereocenters. The molecule has 0 amide bonds. The zero-order valence-corrected chi connectivity index (χ0v) is 17.9. The Morgan fingerprint density at radius 2 is 1.30 bits per heavy atom. The van der Waals surface area contributed by atoms with Crippen molar-refractivity contribution >= 4 is 24.0 Å². The maximum Gasteiger partial charge on any atom is 0.335 e. The number of hydrogen-bond donors (Lipinski definition) is 1. The summed E-state index contributed by atoms with van der Waals surface area (Å²) in [5, 5.41) is 9.23. The second kappa shape index (κ2) is 9.20. The van der Waals surface area contributed by atoms with Gasteiger partial charge in [-0.05, 0) is 54.4 Å². The molecule has 1 aliphatic carbocycles. The molecule has 1 N–H and O–H groups in total. The van der Waals surface area contributed by atoms with Crippen LogP contribution in [0.25, 0.3) is 0 Å². The summed E-state index contributed by atoms with van der Waals surface area (Å²) in [6.45, 7) is 1.86. The molecule has 3 aromatic carbocycles. The van der Waals surface area contributed by atoms with Crippen LogP contribution in [0.5, 0.6) is 5.75 Å². The predicted molar refractivity (Wildman–Crippen MR) is 120 cm³/mol. The fraction of sp³-hybridized carbons (Fsp3) is 0.185. The lowest BCUT2D eigenvalue weighted by Crippen LogP contribution is -2.50. The average Bonchev–Trinajstić information content (AvgIpc) is 2.80. The molecule has 1 saturated carbocycles. The van der Waals surface area contributed by atoms with Crippen LogP contribution in [0.2, 0.25) is 0 Å². The van der Waals surface area contributed by atoms with Gasteiger partial charge in [0.1, 0.15) is 11.5 Å². The van der Waals surface area contributed by atoms with Gasteiger partial charge < -0.3 is 9.84 Å². The fourth-order valence-corrected chi connectivity index (χ4v) is 4.88. The highest BCUT2D eigenvalue weighted by atomic mass is 16.5. The Bertz CT molecular complexity index is 1180. The lowest BCUT2D eigenvalue weighted by Gasteiger charge is -2.51. The number of ketones is 2. The number of carboxylic acid groups (broad SMARTS) is 1. The van der Waals surface area contributed by atoms with Crippen molar-refractivity contribution in [1.29, 1.82) is 0 Å². The van der Waals surface area contributed by atoms with Crippen molar-refractivity contribution in [2.24, 2.45) is 11.8 Å². The van der Waals surface area contributed by atoms with Gasteiger partial charge in [0.05, 0.1) is 5.56 Å². The second-order valence-corrected chi connectivity index (χ2v) is 8.15. The summed E-state index contributed by atoms with van der Waals surface area (Å²) < 4.78 is 4.82. The smallest absolute Gasteiger partial charge is 0.335 e. The second-order valence-electron chi connectivity index (χ2n) is 8.15. The van der Waals surface area contributed by atoms with E-state index in [1.54, 1.807) is 36.4 Å². The van der Waals surface area contributed by atoms with Gasteiger partial charge in [0, 0.05) is 29.2 Å². The summed E-state index contributed by atoms with van der Waals surface area (Å²) in [5.41, 5.74) is 2.26. The van der Waals surface area contributed by atoms with Gasteiger partial charge in [-0.2, -0.15) is 0 Å². The largest absolute Gasteiger partial charge is 0.478 e. The Morgan fingerprint density at radius 1 is 0.758 bits per heavy atom. The van der Waals surface area contributed by atoms with Crippen molar-refractivity contribution in [2.45, 2.75) is 18.8 Å². The number of benzene rings is 3. The maximum absolute atomic E-state index is 13.7. The van der Waals surface area contributed by atoms with Crippen LogP contribution in [-0.4, -0.2) is 29.1 Å². The van der Waals surface area contributed by atoms with Gasteiger partial charge in [-0.3, -0.25) is 14.4 Å². The van der Waals surface area contributed by atoms with E-state index in [4.69, 9.17) is 4.74 Å². The molecule has 1 aliphatic rings. The van der Waals surface area contributed by atoms with E-state index in [-0.39, 0.29) is 29.0 Å². The number of carbonyl (C=O) groups excluding carboxylic acids is 3.